The van der Waals surface area contributed by atoms with Crippen LogP contribution in [0, 0.1) is 27.2 Å². The van der Waals surface area contributed by atoms with Gasteiger partial charge in [-0.25, -0.2) is 4.79 Å². The highest BCUT2D eigenvalue weighted by atomic mass is 16.6. The molecule has 0 saturated carbocycles. The number of non-ortho nitro benzene ring substituents is 1. The molecule has 9 nitrogen and oxygen atoms in total. The maximum absolute atomic E-state index is 11.7. The SMILES string of the molecule is Cc1cc(OC(=O)COc2ccc([N+](=O)[O-])cc2)ccc1[N+](=O)[O-]. The van der Waals surface area contributed by atoms with Gasteiger partial charge in [0.05, 0.1) is 9.85 Å². The maximum Gasteiger partial charge on any atom is 0.349 e. The Hall–Kier alpha value is -3.49. The number of rotatable bonds is 6. The summed E-state index contributed by atoms with van der Waals surface area (Å²) in [6.07, 6.45) is 0. The summed E-state index contributed by atoms with van der Waals surface area (Å²) in [5.74, 6) is -0.269. The van der Waals surface area contributed by atoms with Crippen LogP contribution in [0.4, 0.5) is 11.4 Å². The topological polar surface area (TPSA) is 122 Å². The average Bonchev–Trinajstić information content (AvgIpc) is 2.53. The molecule has 0 fully saturated rings. The van der Waals surface area contributed by atoms with Gasteiger partial charge < -0.3 is 9.47 Å². The molecular weight excluding hydrogens is 320 g/mol. The lowest BCUT2D eigenvalue weighted by molar-refractivity contribution is -0.385. The molecule has 0 amide bonds. The van der Waals surface area contributed by atoms with E-state index < -0.39 is 22.4 Å². The lowest BCUT2D eigenvalue weighted by atomic mass is 10.2. The molecule has 0 aliphatic heterocycles. The van der Waals surface area contributed by atoms with E-state index in [1.54, 1.807) is 0 Å². The van der Waals surface area contributed by atoms with Crippen molar-refractivity contribution < 1.29 is 24.1 Å². The molecule has 0 aliphatic rings. The molecule has 0 N–H and O–H groups in total. The van der Waals surface area contributed by atoms with Crippen molar-refractivity contribution in [1.82, 2.24) is 0 Å². The van der Waals surface area contributed by atoms with Gasteiger partial charge in [-0.15, -0.1) is 0 Å². The summed E-state index contributed by atoms with van der Waals surface area (Å²) in [6, 6.07) is 9.16. The third-order valence-corrected chi connectivity index (χ3v) is 3.00. The van der Waals surface area contributed by atoms with Crippen molar-refractivity contribution in [2.24, 2.45) is 0 Å². The van der Waals surface area contributed by atoms with E-state index >= 15 is 0 Å². The van der Waals surface area contributed by atoms with E-state index in [0.717, 1.165) is 0 Å². The third-order valence-electron chi connectivity index (χ3n) is 3.00. The van der Waals surface area contributed by atoms with Crippen molar-refractivity contribution in [3.63, 3.8) is 0 Å². The van der Waals surface area contributed by atoms with Crippen LogP contribution < -0.4 is 9.47 Å². The first-order chi connectivity index (χ1) is 11.4. The minimum atomic E-state index is -0.707. The van der Waals surface area contributed by atoms with Gasteiger partial charge in [0.2, 0.25) is 0 Å². The van der Waals surface area contributed by atoms with Gasteiger partial charge in [0.25, 0.3) is 11.4 Å². The van der Waals surface area contributed by atoms with Gasteiger partial charge >= 0.3 is 5.97 Å². The molecule has 24 heavy (non-hydrogen) atoms. The molecule has 124 valence electrons. The lowest BCUT2D eigenvalue weighted by Crippen LogP contribution is -2.17. The maximum atomic E-state index is 11.7. The number of nitrogens with zero attached hydrogens (tertiary/aromatic N) is 2. The van der Waals surface area contributed by atoms with Crippen LogP contribution in [0.1, 0.15) is 5.56 Å². The van der Waals surface area contributed by atoms with E-state index in [2.05, 4.69) is 0 Å². The summed E-state index contributed by atoms with van der Waals surface area (Å²) in [6.45, 7) is 1.12. The van der Waals surface area contributed by atoms with Gasteiger partial charge in [0.15, 0.2) is 6.61 Å². The second-order valence-electron chi connectivity index (χ2n) is 4.72. The number of benzene rings is 2. The number of nitro groups is 2. The highest BCUT2D eigenvalue weighted by Gasteiger charge is 2.13. The molecule has 0 radical (unpaired) electrons. The summed E-state index contributed by atoms with van der Waals surface area (Å²) in [4.78, 5) is 31.9. The number of nitro benzene ring substituents is 2. The summed E-state index contributed by atoms with van der Waals surface area (Å²) in [5.41, 5.74) is 0.199. The van der Waals surface area contributed by atoms with Crippen LogP contribution in [-0.4, -0.2) is 22.4 Å². The van der Waals surface area contributed by atoms with Crippen LogP contribution in [0.3, 0.4) is 0 Å². The first kappa shape index (κ1) is 16.9. The lowest BCUT2D eigenvalue weighted by Gasteiger charge is -2.07. The van der Waals surface area contributed by atoms with Gasteiger partial charge in [-0.05, 0) is 31.2 Å². The number of hydrogen-bond donors (Lipinski definition) is 0. The number of aryl methyl sites for hydroxylation is 1. The molecule has 2 aromatic carbocycles. The average molecular weight is 332 g/mol. The smallest absolute Gasteiger partial charge is 0.349 e. The Morgan fingerprint density at radius 1 is 1.00 bits per heavy atom. The number of esters is 1. The zero-order valence-electron chi connectivity index (χ0n) is 12.5. The van der Waals surface area contributed by atoms with Crippen molar-refractivity contribution in [3.8, 4) is 11.5 Å². The number of ether oxygens (including phenoxy) is 2. The molecule has 0 bridgehead atoms. The van der Waals surface area contributed by atoms with Gasteiger partial charge in [0, 0.05) is 23.8 Å². The van der Waals surface area contributed by atoms with Crippen molar-refractivity contribution in [2.75, 3.05) is 6.61 Å². The minimum absolute atomic E-state index is 0.0723. The van der Waals surface area contributed by atoms with Crippen LogP contribution in [0.15, 0.2) is 42.5 Å². The quantitative estimate of drug-likeness (QED) is 0.345. The third kappa shape index (κ3) is 4.26. The first-order valence-corrected chi connectivity index (χ1v) is 6.70. The van der Waals surface area contributed by atoms with Gasteiger partial charge in [-0.2, -0.15) is 0 Å². The van der Waals surface area contributed by atoms with E-state index in [9.17, 15) is 25.0 Å². The van der Waals surface area contributed by atoms with Crippen molar-refractivity contribution >= 4 is 17.3 Å². The summed E-state index contributed by atoms with van der Waals surface area (Å²) < 4.78 is 10.2. The summed E-state index contributed by atoms with van der Waals surface area (Å²) >= 11 is 0. The molecule has 2 rings (SSSR count). The standard InChI is InChI=1S/C15H12N2O7/c1-10-8-13(6-7-14(10)17(21)22)24-15(18)9-23-12-4-2-11(3-5-12)16(19)20/h2-8H,9H2,1H3. The van der Waals surface area contributed by atoms with Gasteiger partial charge in [-0.3, -0.25) is 20.2 Å². The molecule has 0 unspecified atom stereocenters. The van der Waals surface area contributed by atoms with E-state index in [4.69, 9.17) is 9.47 Å². The molecule has 9 heteroatoms. The number of carbonyl (C=O) groups is 1. The fourth-order valence-corrected chi connectivity index (χ4v) is 1.86. The Labute approximate surface area is 135 Å². The first-order valence-electron chi connectivity index (χ1n) is 6.70. The van der Waals surface area contributed by atoms with Crippen LogP contribution in [0.5, 0.6) is 11.5 Å². The van der Waals surface area contributed by atoms with Crippen LogP contribution >= 0.6 is 0 Å². The Morgan fingerprint density at radius 2 is 1.62 bits per heavy atom. The van der Waals surface area contributed by atoms with Crippen molar-refractivity contribution in [2.45, 2.75) is 6.92 Å². The van der Waals surface area contributed by atoms with Crippen molar-refractivity contribution in [3.05, 3.63) is 68.3 Å². The molecule has 0 atom stereocenters. The highest BCUT2D eigenvalue weighted by Crippen LogP contribution is 2.23. The predicted molar refractivity (Wildman–Crippen MR) is 82.1 cm³/mol. The van der Waals surface area contributed by atoms with E-state index in [1.807, 2.05) is 0 Å². The van der Waals surface area contributed by atoms with Gasteiger partial charge in [0.1, 0.15) is 11.5 Å². The number of hydrogen-bond acceptors (Lipinski definition) is 7. The number of carbonyl (C=O) groups excluding carboxylic acids is 1. The van der Waals surface area contributed by atoms with Gasteiger partial charge in [-0.1, -0.05) is 0 Å². The zero-order valence-corrected chi connectivity index (χ0v) is 12.5. The van der Waals surface area contributed by atoms with E-state index in [-0.39, 0.29) is 22.9 Å². The molecule has 0 spiro atoms. The molecule has 2 aromatic rings. The molecule has 0 heterocycles. The Balaban J connectivity index is 1.92. The zero-order chi connectivity index (χ0) is 17.7. The van der Waals surface area contributed by atoms with Crippen LogP contribution in [0.2, 0.25) is 0 Å². The minimum Gasteiger partial charge on any atom is -0.482 e. The van der Waals surface area contributed by atoms with Crippen molar-refractivity contribution in [1.29, 1.82) is 0 Å². The molecule has 0 aliphatic carbocycles. The predicted octanol–water partition coefficient (Wildman–Crippen LogP) is 2.80. The Bertz CT molecular complexity index is 787. The fraction of sp³-hybridized carbons (Fsp3) is 0.133. The second kappa shape index (κ2) is 7.18. The summed E-state index contributed by atoms with van der Waals surface area (Å²) in [5, 5.41) is 21.2. The second-order valence-corrected chi connectivity index (χ2v) is 4.72. The van der Waals surface area contributed by atoms with Crippen LogP contribution in [-0.2, 0) is 4.79 Å². The van der Waals surface area contributed by atoms with E-state index in [0.29, 0.717) is 5.56 Å². The highest BCUT2D eigenvalue weighted by molar-refractivity contribution is 5.74. The van der Waals surface area contributed by atoms with E-state index in [1.165, 1.54) is 49.4 Å². The Kier molecular flexibility index (Phi) is 5.05. The largest absolute Gasteiger partial charge is 0.482 e. The molecular formula is C15H12N2O7. The fourth-order valence-electron chi connectivity index (χ4n) is 1.86. The molecule has 0 aromatic heterocycles. The molecule has 0 saturated heterocycles. The van der Waals surface area contributed by atoms with Crippen LogP contribution in [0.25, 0.3) is 0 Å². The Morgan fingerprint density at radius 3 is 2.17 bits per heavy atom. The monoisotopic (exact) mass is 332 g/mol. The normalized spacial score (nSPS) is 10.0. The summed E-state index contributed by atoms with van der Waals surface area (Å²) in [7, 11) is 0.